The summed E-state index contributed by atoms with van der Waals surface area (Å²) in [6.45, 7) is 17.8. The van der Waals surface area contributed by atoms with Gasteiger partial charge >= 0.3 is 0 Å². The number of para-hydroxylation sites is 3. The SMILES string of the molecule is Cc1ccc2c(n1)sc1c(-c3nc4ccccc4n3-c3c(C(C)C)cccc3C(C)C)[c-]ccc12.[2H]C([2H])(c1ccccc1)c1cc(-c2[c-]cccc2)ncc1[Si](C)(C)C.[Ir]. The summed E-state index contributed by atoms with van der Waals surface area (Å²) in [5.41, 5.74) is 11.1. The number of benzene rings is 5. The molecule has 1 radical (unpaired) electrons. The minimum absolute atomic E-state index is 0. The van der Waals surface area contributed by atoms with Gasteiger partial charge in [-0.3, -0.25) is 4.98 Å². The van der Waals surface area contributed by atoms with Gasteiger partial charge in [-0.2, -0.15) is 11.3 Å². The summed E-state index contributed by atoms with van der Waals surface area (Å²) in [5, 5.41) is 3.46. The van der Waals surface area contributed by atoms with Crippen LogP contribution in [-0.4, -0.2) is 27.6 Å². The number of thiophene rings is 1. The van der Waals surface area contributed by atoms with E-state index in [9.17, 15) is 0 Å². The van der Waals surface area contributed by atoms with Crippen molar-refractivity contribution >= 4 is 55.9 Å². The minimum atomic E-state index is -1.76. The fourth-order valence-electron chi connectivity index (χ4n) is 7.60. The van der Waals surface area contributed by atoms with E-state index >= 15 is 0 Å². The van der Waals surface area contributed by atoms with Crippen LogP contribution in [-0.2, 0) is 26.5 Å². The first-order valence-electron chi connectivity index (χ1n) is 21.1. The molecule has 0 saturated heterocycles. The average Bonchev–Trinajstić information content (AvgIpc) is 3.82. The van der Waals surface area contributed by atoms with E-state index in [-0.39, 0.29) is 20.1 Å². The van der Waals surface area contributed by atoms with Crippen LogP contribution in [0, 0.1) is 19.1 Å². The molecule has 0 spiro atoms. The maximum Gasteiger partial charge on any atom is 0.113 e. The van der Waals surface area contributed by atoms with Crippen molar-refractivity contribution in [1.82, 2.24) is 19.5 Å². The van der Waals surface area contributed by atoms with Crippen LogP contribution in [0.4, 0.5) is 0 Å². The minimum Gasteiger partial charge on any atom is -0.333 e. The van der Waals surface area contributed by atoms with Gasteiger partial charge in [0, 0.05) is 40.4 Å². The number of rotatable bonds is 8. The molecule has 5 aromatic carbocycles. The summed E-state index contributed by atoms with van der Waals surface area (Å²) in [5.74, 6) is 1.71. The Morgan fingerprint density at radius 3 is 2.15 bits per heavy atom. The third-order valence-electron chi connectivity index (χ3n) is 10.5. The molecule has 0 aliphatic carbocycles. The smallest absolute Gasteiger partial charge is 0.113 e. The number of imidazole rings is 1. The monoisotopic (exact) mass is 985 g/mol. The van der Waals surface area contributed by atoms with E-state index in [1.807, 2.05) is 79.9 Å². The first-order chi connectivity index (χ1) is 28.7. The molecule has 0 N–H and O–H groups in total. The molecule has 0 aliphatic heterocycles. The zero-order valence-corrected chi connectivity index (χ0v) is 39.1. The zero-order valence-electron chi connectivity index (χ0n) is 36.9. The Bertz CT molecular complexity index is 2950. The van der Waals surface area contributed by atoms with Crippen molar-refractivity contribution in [3.8, 4) is 28.3 Å². The van der Waals surface area contributed by atoms with Gasteiger partial charge in [-0.25, -0.2) is 4.98 Å². The zero-order chi connectivity index (χ0) is 42.3. The van der Waals surface area contributed by atoms with Crippen molar-refractivity contribution in [3.05, 3.63) is 174 Å². The van der Waals surface area contributed by atoms with Crippen LogP contribution in [0.1, 0.15) is 70.2 Å². The van der Waals surface area contributed by atoms with Crippen LogP contribution < -0.4 is 5.19 Å². The second-order valence-electron chi connectivity index (χ2n) is 16.5. The van der Waals surface area contributed by atoms with E-state index in [0.29, 0.717) is 17.4 Å². The first kappa shape index (κ1) is 39.4. The molecule has 59 heavy (non-hydrogen) atoms. The topological polar surface area (TPSA) is 43.6 Å². The molecule has 0 amide bonds. The van der Waals surface area contributed by atoms with Gasteiger partial charge in [0.05, 0.1) is 24.9 Å². The first-order valence-corrected chi connectivity index (χ1v) is 24.4. The number of hydrogen-bond acceptors (Lipinski definition) is 4. The average molecular weight is 985 g/mol. The fourth-order valence-corrected chi connectivity index (χ4v) is 10.2. The van der Waals surface area contributed by atoms with Crippen molar-refractivity contribution < 1.29 is 22.8 Å². The summed E-state index contributed by atoms with van der Waals surface area (Å²) in [7, 11) is -1.76. The predicted molar refractivity (Wildman–Crippen MR) is 250 cm³/mol. The van der Waals surface area contributed by atoms with Crippen molar-refractivity contribution in [3.63, 3.8) is 0 Å². The largest absolute Gasteiger partial charge is 0.333 e. The Kier molecular flexibility index (Phi) is 11.8. The molecule has 9 aromatic rings. The Morgan fingerprint density at radius 1 is 0.746 bits per heavy atom. The number of fused-ring (bicyclic) bond motifs is 4. The third-order valence-corrected chi connectivity index (χ3v) is 13.7. The van der Waals surface area contributed by atoms with Crippen molar-refractivity contribution in [2.45, 2.75) is 72.5 Å². The molecular formula is C52H50IrN4SSi-2. The van der Waals surface area contributed by atoms with Gasteiger partial charge in [-0.1, -0.05) is 137 Å². The van der Waals surface area contributed by atoms with Crippen LogP contribution >= 0.6 is 11.3 Å². The quantitative estimate of drug-likeness (QED) is 0.113. The van der Waals surface area contributed by atoms with Gasteiger partial charge in [0.2, 0.25) is 0 Å². The number of pyridine rings is 2. The second kappa shape index (κ2) is 17.7. The predicted octanol–water partition coefficient (Wildman–Crippen LogP) is 13.5. The second-order valence-corrected chi connectivity index (χ2v) is 22.5. The Balaban J connectivity index is 0.000000192. The number of hydrogen-bond donors (Lipinski definition) is 0. The van der Waals surface area contributed by atoms with Crippen molar-refractivity contribution in [2.24, 2.45) is 0 Å². The van der Waals surface area contributed by atoms with Gasteiger partial charge in [0.1, 0.15) is 4.83 Å². The summed E-state index contributed by atoms with van der Waals surface area (Å²) in [6, 6.07) is 49.4. The molecule has 0 fully saturated rings. The molecule has 299 valence electrons. The van der Waals surface area contributed by atoms with E-state index < -0.39 is 14.4 Å². The molecule has 9 rings (SSSR count). The Morgan fingerprint density at radius 2 is 1.46 bits per heavy atom. The maximum atomic E-state index is 8.84. The third kappa shape index (κ3) is 8.67. The molecule has 7 heteroatoms. The van der Waals surface area contributed by atoms with E-state index in [4.69, 9.17) is 12.7 Å². The normalized spacial score (nSPS) is 12.4. The molecule has 0 saturated carbocycles. The van der Waals surface area contributed by atoms with Crippen LogP contribution in [0.25, 0.3) is 59.7 Å². The molecule has 0 bridgehead atoms. The van der Waals surface area contributed by atoms with Gasteiger partial charge in [-0.05, 0) is 81.0 Å². The summed E-state index contributed by atoms with van der Waals surface area (Å²) < 4.78 is 21.2. The molecular weight excluding hydrogens is 933 g/mol. The summed E-state index contributed by atoms with van der Waals surface area (Å²) >= 11 is 1.74. The fraction of sp³-hybridized carbons (Fsp3) is 0.212. The van der Waals surface area contributed by atoms with E-state index in [1.54, 1.807) is 11.3 Å². The van der Waals surface area contributed by atoms with E-state index in [0.717, 1.165) is 55.0 Å². The summed E-state index contributed by atoms with van der Waals surface area (Å²) in [4.78, 5) is 15.7. The Hall–Kier alpha value is -5.04. The molecule has 4 aromatic heterocycles. The van der Waals surface area contributed by atoms with Crippen molar-refractivity contribution in [2.75, 3.05) is 0 Å². The van der Waals surface area contributed by atoms with Gasteiger partial charge < -0.3 is 9.55 Å². The van der Waals surface area contributed by atoms with Crippen LogP contribution in [0.3, 0.4) is 0 Å². The molecule has 4 heterocycles. The number of aromatic nitrogens is 4. The Labute approximate surface area is 370 Å². The maximum absolute atomic E-state index is 8.84. The standard InChI is InChI=1S/C31H28N3S.C21H22NSi.Ir/c1-18(2)21-10-8-11-22(19(3)4)28(21)34-27-15-7-6-14-26(27)33-30(34)25-13-9-12-23-24-17-16-20(5)32-31(24)35-29(23)25;1-23(2,3)21-16-22-20(18-12-8-5-9-13-18)15-19(21)14-17-10-6-4-7-11-17;/h6-12,14-19H,1-5H3;4-12,15-16H,14H2,1-3H3;/q2*-1;/i;14D2;. The molecule has 4 nitrogen and oxygen atoms in total. The van der Waals surface area contributed by atoms with Crippen LogP contribution in [0.15, 0.2) is 134 Å². The van der Waals surface area contributed by atoms with Gasteiger partial charge in [-0.15, -0.1) is 54.1 Å². The molecule has 0 atom stereocenters. The molecule has 0 unspecified atom stereocenters. The van der Waals surface area contributed by atoms with Gasteiger partial charge in [0.25, 0.3) is 0 Å². The van der Waals surface area contributed by atoms with Gasteiger partial charge in [0.15, 0.2) is 0 Å². The van der Waals surface area contributed by atoms with Crippen LogP contribution in [0.2, 0.25) is 19.6 Å². The van der Waals surface area contributed by atoms with E-state index in [2.05, 4.69) is 130 Å². The molecule has 0 aliphatic rings. The van der Waals surface area contributed by atoms with E-state index in [1.165, 1.54) is 32.3 Å². The number of aryl methyl sites for hydroxylation is 1. The number of nitrogens with zero attached hydrogens (tertiary/aromatic N) is 4. The summed E-state index contributed by atoms with van der Waals surface area (Å²) in [6.07, 6.45) is 0.307. The van der Waals surface area contributed by atoms with Crippen LogP contribution in [0.5, 0.6) is 0 Å². The van der Waals surface area contributed by atoms with Crippen molar-refractivity contribution in [1.29, 1.82) is 0 Å².